The van der Waals surface area contributed by atoms with Gasteiger partial charge in [-0.15, -0.1) is 0 Å². The summed E-state index contributed by atoms with van der Waals surface area (Å²) in [7, 11) is 0. The molecule has 1 atom stereocenters. The van der Waals surface area contributed by atoms with Gasteiger partial charge in [-0.25, -0.2) is 9.97 Å². The molecule has 1 aliphatic heterocycles. The van der Waals surface area contributed by atoms with Crippen LogP contribution in [-0.2, 0) is 0 Å². The summed E-state index contributed by atoms with van der Waals surface area (Å²) < 4.78 is 0.940. The fourth-order valence-electron chi connectivity index (χ4n) is 2.13. The molecular weight excluding hydrogens is 254 g/mol. The Morgan fingerprint density at radius 2 is 2.20 bits per heavy atom. The molecule has 1 saturated heterocycles. The average Bonchev–Trinajstić information content (AvgIpc) is 2.68. The molecule has 0 aromatic carbocycles. The lowest BCUT2D eigenvalue weighted by molar-refractivity contribution is 0.529. The summed E-state index contributed by atoms with van der Waals surface area (Å²) >= 11 is 3.35. The molecule has 0 bridgehead atoms. The van der Waals surface area contributed by atoms with Gasteiger partial charge in [0.25, 0.3) is 0 Å². The zero-order valence-electron chi connectivity index (χ0n) is 8.99. The lowest BCUT2D eigenvalue weighted by Crippen LogP contribution is -2.21. The second-order valence-corrected chi connectivity index (χ2v) is 5.01. The van der Waals surface area contributed by atoms with Gasteiger partial charge >= 0.3 is 0 Å². The van der Waals surface area contributed by atoms with Crippen LogP contribution >= 0.6 is 15.9 Å². The largest absolute Gasteiger partial charge is 0.341 e. The maximum atomic E-state index is 4.32. The summed E-state index contributed by atoms with van der Waals surface area (Å²) in [5.74, 6) is 1.71. The number of hydrogen-bond donors (Lipinski definition) is 0. The minimum atomic E-state index is 0.835. The molecule has 1 aliphatic rings. The molecular formula is C11H16BrN3. The van der Waals surface area contributed by atoms with Crippen LogP contribution in [0.1, 0.15) is 26.2 Å². The summed E-state index contributed by atoms with van der Waals surface area (Å²) in [5.41, 5.74) is 0. The Morgan fingerprint density at radius 1 is 1.47 bits per heavy atom. The van der Waals surface area contributed by atoms with Crippen molar-refractivity contribution < 1.29 is 0 Å². The molecule has 0 saturated carbocycles. The lowest BCUT2D eigenvalue weighted by Gasteiger charge is -2.15. The van der Waals surface area contributed by atoms with Crippen LogP contribution in [0.25, 0.3) is 0 Å². The molecule has 0 aliphatic carbocycles. The molecule has 0 spiro atoms. The van der Waals surface area contributed by atoms with Gasteiger partial charge in [-0.3, -0.25) is 0 Å². The maximum Gasteiger partial charge on any atom is 0.225 e. The van der Waals surface area contributed by atoms with Gasteiger partial charge < -0.3 is 4.90 Å². The topological polar surface area (TPSA) is 29.0 Å². The first-order valence-corrected chi connectivity index (χ1v) is 6.31. The minimum absolute atomic E-state index is 0.835. The molecule has 0 amide bonds. The van der Waals surface area contributed by atoms with E-state index < -0.39 is 0 Å². The van der Waals surface area contributed by atoms with Gasteiger partial charge in [0.15, 0.2) is 0 Å². The van der Waals surface area contributed by atoms with Gasteiger partial charge in [0.1, 0.15) is 0 Å². The molecule has 1 aromatic heterocycles. The standard InChI is InChI=1S/C11H16BrN3/c1-2-3-9-4-5-15(8-9)11-13-6-10(12)7-14-11/h6-7,9H,2-5,8H2,1H3. The first-order chi connectivity index (χ1) is 7.29. The smallest absolute Gasteiger partial charge is 0.225 e. The molecule has 2 rings (SSSR count). The van der Waals surface area contributed by atoms with Crippen LogP contribution < -0.4 is 4.90 Å². The highest BCUT2D eigenvalue weighted by Gasteiger charge is 2.23. The number of halogens is 1. The van der Waals surface area contributed by atoms with Crippen LogP contribution in [0.5, 0.6) is 0 Å². The van der Waals surface area contributed by atoms with Gasteiger partial charge in [-0.1, -0.05) is 13.3 Å². The van der Waals surface area contributed by atoms with Crippen LogP contribution in [0.15, 0.2) is 16.9 Å². The van der Waals surface area contributed by atoms with Gasteiger partial charge in [-0.2, -0.15) is 0 Å². The molecule has 3 nitrogen and oxygen atoms in total. The third-order valence-corrected chi connectivity index (χ3v) is 3.28. The lowest BCUT2D eigenvalue weighted by atomic mass is 10.0. The van der Waals surface area contributed by atoms with E-state index >= 15 is 0 Å². The van der Waals surface area contributed by atoms with Gasteiger partial charge in [-0.05, 0) is 34.7 Å². The Labute approximate surface area is 99.0 Å². The summed E-state index contributed by atoms with van der Waals surface area (Å²) in [6.07, 6.45) is 7.52. The molecule has 1 unspecified atom stereocenters. The highest BCUT2D eigenvalue weighted by atomic mass is 79.9. The second-order valence-electron chi connectivity index (χ2n) is 4.09. The Morgan fingerprint density at radius 3 is 2.87 bits per heavy atom. The van der Waals surface area contributed by atoms with Crippen LogP contribution in [-0.4, -0.2) is 23.1 Å². The zero-order valence-corrected chi connectivity index (χ0v) is 10.6. The van der Waals surface area contributed by atoms with Gasteiger partial charge in [0, 0.05) is 25.5 Å². The van der Waals surface area contributed by atoms with Crippen molar-refractivity contribution >= 4 is 21.9 Å². The Kier molecular flexibility index (Phi) is 3.57. The zero-order chi connectivity index (χ0) is 10.7. The SMILES string of the molecule is CCCC1CCN(c2ncc(Br)cn2)C1. The van der Waals surface area contributed by atoms with E-state index in [0.29, 0.717) is 0 Å². The third-order valence-electron chi connectivity index (χ3n) is 2.87. The average molecular weight is 270 g/mol. The molecule has 1 aromatic rings. The van der Waals surface area contributed by atoms with E-state index in [1.165, 1.54) is 19.3 Å². The second kappa shape index (κ2) is 4.92. The number of nitrogens with zero attached hydrogens (tertiary/aromatic N) is 3. The third kappa shape index (κ3) is 2.68. The fraction of sp³-hybridized carbons (Fsp3) is 0.636. The van der Waals surface area contributed by atoms with Crippen molar-refractivity contribution in [1.82, 2.24) is 9.97 Å². The van der Waals surface area contributed by atoms with Crippen molar-refractivity contribution in [3.05, 3.63) is 16.9 Å². The van der Waals surface area contributed by atoms with Crippen molar-refractivity contribution in [1.29, 1.82) is 0 Å². The number of rotatable bonds is 3. The minimum Gasteiger partial charge on any atom is -0.341 e. The number of anilines is 1. The molecule has 0 radical (unpaired) electrons. The van der Waals surface area contributed by atoms with E-state index in [4.69, 9.17) is 0 Å². The Bertz CT molecular complexity index is 312. The van der Waals surface area contributed by atoms with Gasteiger partial charge in [0.05, 0.1) is 4.47 Å². The highest BCUT2D eigenvalue weighted by molar-refractivity contribution is 9.10. The van der Waals surface area contributed by atoms with E-state index in [-0.39, 0.29) is 0 Å². The molecule has 0 N–H and O–H groups in total. The van der Waals surface area contributed by atoms with Crippen molar-refractivity contribution in [2.45, 2.75) is 26.2 Å². The van der Waals surface area contributed by atoms with Crippen LogP contribution in [0, 0.1) is 5.92 Å². The van der Waals surface area contributed by atoms with E-state index in [2.05, 4.69) is 37.7 Å². The summed E-state index contributed by atoms with van der Waals surface area (Å²) in [5, 5.41) is 0. The quantitative estimate of drug-likeness (QED) is 0.845. The maximum absolute atomic E-state index is 4.32. The summed E-state index contributed by atoms with van der Waals surface area (Å²) in [6, 6.07) is 0. The molecule has 15 heavy (non-hydrogen) atoms. The van der Waals surface area contributed by atoms with Crippen molar-refractivity contribution in [2.75, 3.05) is 18.0 Å². The van der Waals surface area contributed by atoms with E-state index in [1.807, 2.05) is 12.4 Å². The first kappa shape index (κ1) is 10.9. The van der Waals surface area contributed by atoms with Crippen LogP contribution in [0.4, 0.5) is 5.95 Å². The number of aromatic nitrogens is 2. The summed E-state index contributed by atoms with van der Waals surface area (Å²) in [4.78, 5) is 10.9. The predicted molar refractivity (Wildman–Crippen MR) is 65.0 cm³/mol. The highest BCUT2D eigenvalue weighted by Crippen LogP contribution is 2.24. The van der Waals surface area contributed by atoms with Crippen molar-refractivity contribution in [2.24, 2.45) is 5.92 Å². The van der Waals surface area contributed by atoms with E-state index in [1.54, 1.807) is 0 Å². The van der Waals surface area contributed by atoms with Crippen LogP contribution in [0.2, 0.25) is 0 Å². The van der Waals surface area contributed by atoms with Gasteiger partial charge in [0.2, 0.25) is 5.95 Å². The number of hydrogen-bond acceptors (Lipinski definition) is 3. The van der Waals surface area contributed by atoms with Crippen molar-refractivity contribution in [3.8, 4) is 0 Å². The summed E-state index contributed by atoms with van der Waals surface area (Å²) in [6.45, 7) is 4.47. The predicted octanol–water partition coefficient (Wildman–Crippen LogP) is 2.87. The first-order valence-electron chi connectivity index (χ1n) is 5.52. The van der Waals surface area contributed by atoms with Crippen molar-refractivity contribution in [3.63, 3.8) is 0 Å². The molecule has 2 heterocycles. The normalized spacial score (nSPS) is 20.9. The van der Waals surface area contributed by atoms with Crippen LogP contribution in [0.3, 0.4) is 0 Å². The fourth-order valence-corrected chi connectivity index (χ4v) is 2.33. The van der Waals surface area contributed by atoms with E-state index in [0.717, 1.165) is 29.4 Å². The molecule has 82 valence electrons. The Balaban J connectivity index is 1.98. The van der Waals surface area contributed by atoms with E-state index in [9.17, 15) is 0 Å². The monoisotopic (exact) mass is 269 g/mol. The molecule has 1 fully saturated rings. The molecule has 4 heteroatoms. The Hall–Kier alpha value is -0.640.